The highest BCUT2D eigenvalue weighted by atomic mass is 19.2. The summed E-state index contributed by atoms with van der Waals surface area (Å²) in [6.45, 7) is 2.73. The zero-order chi connectivity index (χ0) is 12.5. The Hall–Kier alpha value is -1.07. The lowest BCUT2D eigenvalue weighted by molar-refractivity contribution is 0.128. The van der Waals surface area contributed by atoms with Crippen molar-refractivity contribution in [2.24, 2.45) is 11.1 Å². The SMILES string of the molecule is CC(C)(CO)[C@H](N)c1c(F)ccc(F)c1F. The molecule has 0 saturated heterocycles. The van der Waals surface area contributed by atoms with Gasteiger partial charge in [-0.15, -0.1) is 0 Å². The number of aliphatic hydroxyl groups excluding tert-OH is 1. The van der Waals surface area contributed by atoms with Gasteiger partial charge in [-0.3, -0.25) is 0 Å². The molecular formula is C11H14F3NO. The second kappa shape index (κ2) is 4.43. The van der Waals surface area contributed by atoms with E-state index in [0.717, 1.165) is 6.07 Å². The third-order valence-corrected chi connectivity index (χ3v) is 2.64. The lowest BCUT2D eigenvalue weighted by Gasteiger charge is -2.30. The van der Waals surface area contributed by atoms with Crippen molar-refractivity contribution in [1.82, 2.24) is 0 Å². The molecule has 0 bridgehead atoms. The van der Waals surface area contributed by atoms with Crippen LogP contribution in [-0.4, -0.2) is 11.7 Å². The van der Waals surface area contributed by atoms with Crippen LogP contribution in [0.5, 0.6) is 0 Å². The molecule has 0 aliphatic carbocycles. The predicted octanol–water partition coefficient (Wildman–Crippen LogP) is 2.12. The fraction of sp³-hybridized carbons (Fsp3) is 0.455. The van der Waals surface area contributed by atoms with Crippen molar-refractivity contribution in [3.8, 4) is 0 Å². The van der Waals surface area contributed by atoms with Gasteiger partial charge in [0.15, 0.2) is 11.6 Å². The number of rotatable bonds is 3. The molecule has 0 fully saturated rings. The van der Waals surface area contributed by atoms with Crippen molar-refractivity contribution in [2.45, 2.75) is 19.9 Å². The van der Waals surface area contributed by atoms with E-state index in [1.807, 2.05) is 0 Å². The molecule has 1 aromatic carbocycles. The van der Waals surface area contributed by atoms with Gasteiger partial charge >= 0.3 is 0 Å². The fourth-order valence-corrected chi connectivity index (χ4v) is 1.32. The van der Waals surface area contributed by atoms with Crippen LogP contribution in [0.15, 0.2) is 12.1 Å². The number of nitrogens with two attached hydrogens (primary N) is 1. The standard InChI is InChI=1S/C11H14F3NO/c1-11(2,5-16)10(15)8-6(12)3-4-7(13)9(8)14/h3-4,10,16H,5,15H2,1-2H3/t10-/m1/s1. The molecule has 0 heterocycles. The highest BCUT2D eigenvalue weighted by Gasteiger charge is 2.32. The summed E-state index contributed by atoms with van der Waals surface area (Å²) in [5.74, 6) is -3.36. The Morgan fingerprint density at radius 3 is 2.25 bits per heavy atom. The third-order valence-electron chi connectivity index (χ3n) is 2.64. The van der Waals surface area contributed by atoms with Crippen LogP contribution in [0.1, 0.15) is 25.5 Å². The van der Waals surface area contributed by atoms with Crippen molar-refractivity contribution < 1.29 is 18.3 Å². The van der Waals surface area contributed by atoms with E-state index in [0.29, 0.717) is 6.07 Å². The predicted molar refractivity (Wildman–Crippen MR) is 54.1 cm³/mol. The van der Waals surface area contributed by atoms with Gasteiger partial charge in [-0.05, 0) is 12.1 Å². The highest BCUT2D eigenvalue weighted by Crippen LogP contribution is 2.34. The Kier molecular flexibility index (Phi) is 3.60. The van der Waals surface area contributed by atoms with Gasteiger partial charge in [-0.2, -0.15) is 0 Å². The minimum Gasteiger partial charge on any atom is -0.396 e. The Bertz CT molecular complexity index is 393. The monoisotopic (exact) mass is 233 g/mol. The number of benzene rings is 1. The molecule has 0 radical (unpaired) electrons. The molecule has 1 atom stereocenters. The zero-order valence-corrected chi connectivity index (χ0v) is 9.10. The molecule has 0 spiro atoms. The van der Waals surface area contributed by atoms with E-state index in [1.165, 1.54) is 0 Å². The van der Waals surface area contributed by atoms with Gasteiger partial charge in [0.2, 0.25) is 0 Å². The number of halogens is 3. The second-order valence-electron chi connectivity index (χ2n) is 4.38. The van der Waals surface area contributed by atoms with Crippen LogP contribution in [0, 0.1) is 22.9 Å². The van der Waals surface area contributed by atoms with Crippen LogP contribution in [-0.2, 0) is 0 Å². The van der Waals surface area contributed by atoms with E-state index in [2.05, 4.69) is 0 Å². The molecule has 0 aromatic heterocycles. The first-order valence-corrected chi connectivity index (χ1v) is 4.81. The van der Waals surface area contributed by atoms with Crippen LogP contribution < -0.4 is 5.73 Å². The quantitative estimate of drug-likeness (QED) is 0.785. The van der Waals surface area contributed by atoms with Crippen LogP contribution in [0.3, 0.4) is 0 Å². The molecule has 16 heavy (non-hydrogen) atoms. The van der Waals surface area contributed by atoms with Gasteiger partial charge in [0, 0.05) is 23.6 Å². The van der Waals surface area contributed by atoms with E-state index in [4.69, 9.17) is 10.8 Å². The first-order chi connectivity index (χ1) is 7.31. The topological polar surface area (TPSA) is 46.2 Å². The van der Waals surface area contributed by atoms with E-state index in [9.17, 15) is 13.2 Å². The summed E-state index contributed by atoms with van der Waals surface area (Å²) in [6, 6.07) is 0.404. The summed E-state index contributed by atoms with van der Waals surface area (Å²) >= 11 is 0. The summed E-state index contributed by atoms with van der Waals surface area (Å²) in [7, 11) is 0. The zero-order valence-electron chi connectivity index (χ0n) is 9.10. The molecule has 3 N–H and O–H groups in total. The second-order valence-corrected chi connectivity index (χ2v) is 4.38. The maximum Gasteiger partial charge on any atom is 0.166 e. The molecule has 1 rings (SSSR count). The highest BCUT2D eigenvalue weighted by molar-refractivity contribution is 5.25. The van der Waals surface area contributed by atoms with E-state index in [-0.39, 0.29) is 6.61 Å². The Morgan fingerprint density at radius 1 is 1.25 bits per heavy atom. The van der Waals surface area contributed by atoms with Crippen molar-refractivity contribution in [2.75, 3.05) is 6.61 Å². The first kappa shape index (κ1) is 13.0. The van der Waals surface area contributed by atoms with Crippen molar-refractivity contribution in [1.29, 1.82) is 0 Å². The van der Waals surface area contributed by atoms with Gasteiger partial charge in [-0.25, -0.2) is 13.2 Å². The maximum atomic E-state index is 13.4. The number of aliphatic hydroxyl groups is 1. The molecule has 0 aliphatic rings. The lowest BCUT2D eigenvalue weighted by Crippen LogP contribution is -2.34. The first-order valence-electron chi connectivity index (χ1n) is 4.81. The Morgan fingerprint density at radius 2 is 1.75 bits per heavy atom. The van der Waals surface area contributed by atoms with Crippen LogP contribution in [0.4, 0.5) is 13.2 Å². The summed E-state index contributed by atoms with van der Waals surface area (Å²) in [6.07, 6.45) is 0. The summed E-state index contributed by atoms with van der Waals surface area (Å²) in [5, 5.41) is 9.06. The minimum atomic E-state index is -1.30. The molecular weight excluding hydrogens is 219 g/mol. The van der Waals surface area contributed by atoms with Crippen LogP contribution in [0.2, 0.25) is 0 Å². The van der Waals surface area contributed by atoms with E-state index < -0.39 is 34.5 Å². The van der Waals surface area contributed by atoms with Crippen molar-refractivity contribution >= 4 is 0 Å². The normalized spacial score (nSPS) is 13.9. The molecule has 1 aromatic rings. The average Bonchev–Trinajstić information content (AvgIpc) is 2.24. The molecule has 90 valence electrons. The largest absolute Gasteiger partial charge is 0.396 e. The third kappa shape index (κ3) is 2.20. The van der Waals surface area contributed by atoms with Gasteiger partial charge < -0.3 is 10.8 Å². The van der Waals surface area contributed by atoms with Crippen molar-refractivity contribution in [3.05, 3.63) is 35.1 Å². The molecule has 0 unspecified atom stereocenters. The Balaban J connectivity index is 3.28. The van der Waals surface area contributed by atoms with Crippen LogP contribution in [0.25, 0.3) is 0 Å². The van der Waals surface area contributed by atoms with E-state index in [1.54, 1.807) is 13.8 Å². The summed E-state index contributed by atoms with van der Waals surface area (Å²) < 4.78 is 39.7. The number of hydrogen-bond donors (Lipinski definition) is 2. The van der Waals surface area contributed by atoms with E-state index >= 15 is 0 Å². The van der Waals surface area contributed by atoms with Crippen LogP contribution >= 0.6 is 0 Å². The van der Waals surface area contributed by atoms with Gasteiger partial charge in [0.05, 0.1) is 0 Å². The molecule has 5 heteroatoms. The fourth-order valence-electron chi connectivity index (χ4n) is 1.32. The summed E-state index contributed by atoms with van der Waals surface area (Å²) in [4.78, 5) is 0. The average molecular weight is 233 g/mol. The number of hydrogen-bond acceptors (Lipinski definition) is 2. The maximum absolute atomic E-state index is 13.4. The lowest BCUT2D eigenvalue weighted by atomic mass is 9.81. The molecule has 0 saturated carbocycles. The van der Waals surface area contributed by atoms with Gasteiger partial charge in [0.25, 0.3) is 0 Å². The van der Waals surface area contributed by atoms with Gasteiger partial charge in [0.1, 0.15) is 5.82 Å². The smallest absolute Gasteiger partial charge is 0.166 e. The summed E-state index contributed by atoms with van der Waals surface area (Å²) in [5.41, 5.74) is 4.18. The minimum absolute atomic E-state index is 0.358. The van der Waals surface area contributed by atoms with Gasteiger partial charge in [-0.1, -0.05) is 13.8 Å². The molecule has 0 aliphatic heterocycles. The Labute approximate surface area is 91.9 Å². The van der Waals surface area contributed by atoms with Crippen molar-refractivity contribution in [3.63, 3.8) is 0 Å². The molecule has 2 nitrogen and oxygen atoms in total. The molecule has 0 amide bonds.